The molecule has 0 saturated heterocycles. The minimum Gasteiger partial charge on any atom is -0.480 e. The molecule has 0 aliphatic rings. The summed E-state index contributed by atoms with van der Waals surface area (Å²) in [5.74, 6) is -2.39. The van der Waals surface area contributed by atoms with E-state index in [9.17, 15) is 28.3 Å². The number of halogens is 2. The fourth-order valence-corrected chi connectivity index (χ4v) is 3.78. The van der Waals surface area contributed by atoms with Crippen molar-refractivity contribution in [3.63, 3.8) is 0 Å². The Bertz CT molecular complexity index is 1170. The third-order valence-electron chi connectivity index (χ3n) is 5.59. The Kier molecular flexibility index (Phi) is 10.1. The molecule has 214 valence electrons. The number of hydrogen-bond acceptors (Lipinski definition) is 5. The maximum absolute atomic E-state index is 14.8. The van der Waals surface area contributed by atoms with E-state index >= 15 is 0 Å². The Morgan fingerprint density at radius 2 is 1.44 bits per heavy atom. The fraction of sp³-hybridized carbons (Fsp3) is 0.483. The van der Waals surface area contributed by atoms with Gasteiger partial charge in [-0.15, -0.1) is 0 Å². The van der Waals surface area contributed by atoms with Gasteiger partial charge in [-0.05, 0) is 96.2 Å². The molecule has 10 heteroatoms. The van der Waals surface area contributed by atoms with Gasteiger partial charge in [0.05, 0.1) is 6.04 Å². The molecule has 2 amide bonds. The first kappa shape index (κ1) is 31.5. The number of nitrogens with one attached hydrogen (secondary N) is 2. The van der Waals surface area contributed by atoms with Crippen molar-refractivity contribution in [2.45, 2.75) is 90.5 Å². The van der Waals surface area contributed by atoms with Crippen LogP contribution in [0.3, 0.4) is 0 Å². The number of rotatable bonds is 9. The first-order valence-corrected chi connectivity index (χ1v) is 12.6. The van der Waals surface area contributed by atoms with Crippen LogP contribution in [0, 0.1) is 11.6 Å². The second-order valence-electron chi connectivity index (χ2n) is 11.7. The summed E-state index contributed by atoms with van der Waals surface area (Å²) >= 11 is 0. The van der Waals surface area contributed by atoms with Crippen molar-refractivity contribution < 1.29 is 37.7 Å². The van der Waals surface area contributed by atoms with Crippen LogP contribution in [0.1, 0.15) is 77.6 Å². The SMILES string of the molecule is CC(C)(C)OC(=O)NC(CCc1ccc(F)c(CC(C)(NC(=O)OC(C)(C)C)C(=O)O)c1)c1ccc(F)cc1. The van der Waals surface area contributed by atoms with Crippen molar-refractivity contribution in [2.75, 3.05) is 0 Å². The lowest BCUT2D eigenvalue weighted by molar-refractivity contribution is -0.144. The van der Waals surface area contributed by atoms with Crippen LogP contribution in [0.15, 0.2) is 42.5 Å². The van der Waals surface area contributed by atoms with E-state index in [-0.39, 0.29) is 12.0 Å². The molecule has 0 spiro atoms. The van der Waals surface area contributed by atoms with Crippen molar-refractivity contribution in [2.24, 2.45) is 0 Å². The highest BCUT2D eigenvalue weighted by Crippen LogP contribution is 2.24. The molecule has 2 rings (SSSR count). The number of benzene rings is 2. The van der Waals surface area contributed by atoms with Gasteiger partial charge in [0.25, 0.3) is 0 Å². The van der Waals surface area contributed by atoms with Gasteiger partial charge in [0, 0.05) is 6.42 Å². The number of amides is 2. The third kappa shape index (κ3) is 10.5. The first-order chi connectivity index (χ1) is 17.9. The average molecular weight is 549 g/mol. The molecule has 2 aromatic rings. The Labute approximate surface area is 228 Å². The number of carbonyl (C=O) groups excluding carboxylic acids is 2. The summed E-state index contributed by atoms with van der Waals surface area (Å²) in [6, 6.07) is 9.50. The van der Waals surface area contributed by atoms with Crippen LogP contribution in [0.25, 0.3) is 0 Å². The van der Waals surface area contributed by atoms with Crippen LogP contribution in [0.4, 0.5) is 18.4 Å². The number of carbonyl (C=O) groups is 3. The number of carboxylic acid groups (broad SMARTS) is 1. The number of ether oxygens (including phenoxy) is 2. The summed E-state index contributed by atoms with van der Waals surface area (Å²) in [7, 11) is 0. The van der Waals surface area contributed by atoms with E-state index in [1.54, 1.807) is 59.7 Å². The third-order valence-corrected chi connectivity index (χ3v) is 5.59. The zero-order chi connectivity index (χ0) is 29.6. The van der Waals surface area contributed by atoms with Gasteiger partial charge in [0.1, 0.15) is 28.4 Å². The predicted molar refractivity (Wildman–Crippen MR) is 142 cm³/mol. The molecule has 3 N–H and O–H groups in total. The van der Waals surface area contributed by atoms with Crippen molar-refractivity contribution in [1.29, 1.82) is 0 Å². The van der Waals surface area contributed by atoms with Crippen molar-refractivity contribution >= 4 is 18.2 Å². The molecule has 0 aliphatic carbocycles. The Hall–Kier alpha value is -3.69. The zero-order valence-electron chi connectivity index (χ0n) is 23.5. The van der Waals surface area contributed by atoms with Crippen molar-refractivity contribution in [3.8, 4) is 0 Å². The van der Waals surface area contributed by atoms with E-state index in [1.165, 1.54) is 31.2 Å². The minimum absolute atomic E-state index is 0.0897. The molecular formula is C29H38F2N2O6. The molecule has 0 bridgehead atoms. The normalized spacial score (nSPS) is 14.1. The van der Waals surface area contributed by atoms with Crippen LogP contribution >= 0.6 is 0 Å². The second kappa shape index (κ2) is 12.4. The monoisotopic (exact) mass is 548 g/mol. The Morgan fingerprint density at radius 1 is 0.872 bits per heavy atom. The lowest BCUT2D eigenvalue weighted by Gasteiger charge is -2.29. The molecule has 0 heterocycles. The summed E-state index contributed by atoms with van der Waals surface area (Å²) in [6.45, 7) is 11.4. The van der Waals surface area contributed by atoms with Gasteiger partial charge in [0.2, 0.25) is 0 Å². The average Bonchev–Trinajstić information content (AvgIpc) is 2.76. The number of aryl methyl sites for hydroxylation is 1. The summed E-state index contributed by atoms with van der Waals surface area (Å²) < 4.78 is 38.8. The Balaban J connectivity index is 2.24. The molecule has 8 nitrogen and oxygen atoms in total. The highest BCUT2D eigenvalue weighted by molar-refractivity contribution is 5.84. The van der Waals surface area contributed by atoms with E-state index in [0.717, 1.165) is 0 Å². The lowest BCUT2D eigenvalue weighted by atomic mass is 9.90. The Morgan fingerprint density at radius 3 is 1.97 bits per heavy atom. The van der Waals surface area contributed by atoms with Gasteiger partial charge in [0.15, 0.2) is 0 Å². The maximum Gasteiger partial charge on any atom is 0.408 e. The summed E-state index contributed by atoms with van der Waals surface area (Å²) in [5, 5.41) is 15.0. The maximum atomic E-state index is 14.8. The van der Waals surface area contributed by atoms with Gasteiger partial charge >= 0.3 is 18.2 Å². The van der Waals surface area contributed by atoms with E-state index < -0.39 is 52.6 Å². The lowest BCUT2D eigenvalue weighted by Crippen LogP contribution is -2.55. The van der Waals surface area contributed by atoms with E-state index in [4.69, 9.17) is 9.47 Å². The largest absolute Gasteiger partial charge is 0.480 e. The summed E-state index contributed by atoms with van der Waals surface area (Å²) in [5.41, 5.74) is -1.97. The minimum atomic E-state index is -1.84. The predicted octanol–water partition coefficient (Wildman–Crippen LogP) is 6.07. The fourth-order valence-electron chi connectivity index (χ4n) is 3.78. The van der Waals surface area contributed by atoms with Crippen LogP contribution < -0.4 is 10.6 Å². The summed E-state index contributed by atoms with van der Waals surface area (Å²) in [4.78, 5) is 36.8. The molecule has 2 aromatic carbocycles. The number of aliphatic carboxylic acids is 1. The van der Waals surface area contributed by atoms with Crippen LogP contribution in [-0.4, -0.2) is 40.0 Å². The van der Waals surface area contributed by atoms with E-state index in [1.807, 2.05) is 0 Å². The molecule has 0 saturated carbocycles. The van der Waals surface area contributed by atoms with E-state index in [0.29, 0.717) is 24.0 Å². The standard InChI is InChI=1S/C29H38F2N2O6/c1-27(2,3)38-25(36)32-23(19-10-12-21(30)13-11-19)15-9-18-8-14-22(31)20(16-18)17-29(7,24(34)35)33-26(37)39-28(4,5)6/h8,10-14,16,23H,9,15,17H2,1-7H3,(H,32,36)(H,33,37)(H,34,35). The van der Waals surface area contributed by atoms with Crippen molar-refractivity contribution in [1.82, 2.24) is 10.6 Å². The van der Waals surface area contributed by atoms with Crippen LogP contribution in [0.2, 0.25) is 0 Å². The molecule has 0 fully saturated rings. The second-order valence-corrected chi connectivity index (χ2v) is 11.7. The molecule has 0 aliphatic heterocycles. The van der Waals surface area contributed by atoms with E-state index in [2.05, 4.69) is 10.6 Å². The topological polar surface area (TPSA) is 114 Å². The highest BCUT2D eigenvalue weighted by Gasteiger charge is 2.37. The van der Waals surface area contributed by atoms with Crippen molar-refractivity contribution in [3.05, 3.63) is 70.8 Å². The van der Waals surface area contributed by atoms with Gasteiger partial charge in [-0.2, -0.15) is 0 Å². The zero-order valence-corrected chi connectivity index (χ0v) is 23.5. The quantitative estimate of drug-likeness (QED) is 0.350. The first-order valence-electron chi connectivity index (χ1n) is 12.6. The smallest absolute Gasteiger partial charge is 0.408 e. The van der Waals surface area contributed by atoms with Crippen LogP contribution in [0.5, 0.6) is 0 Å². The van der Waals surface area contributed by atoms with Gasteiger partial charge in [-0.3, -0.25) is 0 Å². The molecule has 0 radical (unpaired) electrons. The number of carboxylic acids is 1. The molecule has 2 atom stereocenters. The summed E-state index contributed by atoms with van der Waals surface area (Å²) in [6.07, 6.45) is -1.17. The number of alkyl carbamates (subject to hydrolysis) is 2. The number of hydrogen-bond donors (Lipinski definition) is 3. The van der Waals surface area contributed by atoms with Gasteiger partial charge < -0.3 is 25.2 Å². The molecular weight excluding hydrogens is 510 g/mol. The van der Waals surface area contributed by atoms with Gasteiger partial charge in [-0.1, -0.05) is 24.3 Å². The molecule has 39 heavy (non-hydrogen) atoms. The van der Waals surface area contributed by atoms with Gasteiger partial charge in [-0.25, -0.2) is 23.2 Å². The molecule has 0 aromatic heterocycles. The van der Waals surface area contributed by atoms with Crippen LogP contribution in [-0.2, 0) is 27.1 Å². The molecule has 2 unspecified atom stereocenters. The highest BCUT2D eigenvalue weighted by atomic mass is 19.1.